The fraction of sp³-hybridized carbons (Fsp3) is 0.579. The Labute approximate surface area is 160 Å². The zero-order valence-corrected chi connectivity index (χ0v) is 16.8. The smallest absolute Gasteiger partial charge is 0.308 e. The van der Waals surface area contributed by atoms with Crippen molar-refractivity contribution in [1.29, 1.82) is 0 Å². The molecule has 154 valence electrons. The zero-order valence-electron chi connectivity index (χ0n) is 16.8. The molecule has 0 aliphatic carbocycles. The highest BCUT2D eigenvalue weighted by atomic mass is 19.1. The SMILES string of the molecule is C=C(N/C=C\C)C(=O)N[C@@H](C)C(=C)NC(CC(=O)OC(C)(C)C)C(O)CF. The van der Waals surface area contributed by atoms with Gasteiger partial charge in [0.2, 0.25) is 0 Å². The maximum absolute atomic E-state index is 12.9. The molecule has 0 heterocycles. The molecule has 27 heavy (non-hydrogen) atoms. The molecular weight excluding hydrogens is 353 g/mol. The summed E-state index contributed by atoms with van der Waals surface area (Å²) in [6.07, 6.45) is 1.59. The molecule has 0 saturated carbocycles. The molecular formula is C19H32FN3O4. The summed E-state index contributed by atoms with van der Waals surface area (Å²) in [7, 11) is 0. The van der Waals surface area contributed by atoms with E-state index < -0.39 is 42.3 Å². The molecule has 0 aromatic rings. The van der Waals surface area contributed by atoms with Gasteiger partial charge >= 0.3 is 5.97 Å². The van der Waals surface area contributed by atoms with Crippen molar-refractivity contribution in [1.82, 2.24) is 16.0 Å². The molecule has 8 heteroatoms. The topological polar surface area (TPSA) is 99.7 Å². The molecule has 2 unspecified atom stereocenters. The normalized spacial score (nSPS) is 14.8. The molecule has 0 aromatic heterocycles. The van der Waals surface area contributed by atoms with Crippen molar-refractivity contribution in [3.63, 3.8) is 0 Å². The highest BCUT2D eigenvalue weighted by molar-refractivity contribution is 5.92. The number of halogens is 1. The van der Waals surface area contributed by atoms with Crippen LogP contribution in [0.4, 0.5) is 4.39 Å². The highest BCUT2D eigenvalue weighted by Crippen LogP contribution is 2.12. The number of esters is 1. The lowest BCUT2D eigenvalue weighted by atomic mass is 10.1. The second-order valence-electron chi connectivity index (χ2n) is 7.11. The number of carbonyl (C=O) groups excluding carboxylic acids is 2. The summed E-state index contributed by atoms with van der Waals surface area (Å²) in [6.45, 7) is 14.9. The third-order valence-electron chi connectivity index (χ3n) is 3.37. The molecule has 3 atom stereocenters. The van der Waals surface area contributed by atoms with Gasteiger partial charge in [-0.2, -0.15) is 0 Å². The van der Waals surface area contributed by atoms with Gasteiger partial charge in [-0.15, -0.1) is 0 Å². The number of amides is 1. The average Bonchev–Trinajstić information content (AvgIpc) is 2.56. The number of ether oxygens (including phenoxy) is 1. The number of aliphatic hydroxyl groups excluding tert-OH is 1. The van der Waals surface area contributed by atoms with E-state index in [0.717, 1.165) is 0 Å². The van der Waals surface area contributed by atoms with Crippen molar-refractivity contribution in [3.8, 4) is 0 Å². The molecule has 4 N–H and O–H groups in total. The third kappa shape index (κ3) is 10.4. The van der Waals surface area contributed by atoms with Crippen LogP contribution in [0, 0.1) is 0 Å². The first-order valence-electron chi connectivity index (χ1n) is 8.70. The van der Waals surface area contributed by atoms with Crippen LogP contribution in [0.25, 0.3) is 0 Å². The number of nitrogens with one attached hydrogen (secondary N) is 3. The van der Waals surface area contributed by atoms with Crippen LogP contribution < -0.4 is 16.0 Å². The maximum Gasteiger partial charge on any atom is 0.308 e. The van der Waals surface area contributed by atoms with Gasteiger partial charge in [0.05, 0.1) is 24.2 Å². The minimum Gasteiger partial charge on any atom is -0.460 e. The van der Waals surface area contributed by atoms with E-state index in [1.165, 1.54) is 0 Å². The minimum absolute atomic E-state index is 0.141. The fourth-order valence-corrected chi connectivity index (χ4v) is 1.94. The molecule has 0 aliphatic rings. The van der Waals surface area contributed by atoms with Crippen molar-refractivity contribution in [2.75, 3.05) is 6.67 Å². The molecule has 0 fully saturated rings. The first kappa shape index (κ1) is 24.7. The van der Waals surface area contributed by atoms with Crippen LogP contribution in [0.15, 0.2) is 36.8 Å². The van der Waals surface area contributed by atoms with E-state index >= 15 is 0 Å². The number of hydrogen-bond donors (Lipinski definition) is 4. The quantitative estimate of drug-likeness (QED) is 0.319. The van der Waals surface area contributed by atoms with E-state index in [1.807, 2.05) is 0 Å². The van der Waals surface area contributed by atoms with Crippen LogP contribution in [-0.2, 0) is 14.3 Å². The molecule has 0 rings (SSSR count). The minimum atomic E-state index is -1.43. The van der Waals surface area contributed by atoms with E-state index in [2.05, 4.69) is 29.1 Å². The van der Waals surface area contributed by atoms with Gasteiger partial charge in [-0.25, -0.2) is 4.39 Å². The second kappa shape index (κ2) is 11.4. The van der Waals surface area contributed by atoms with Crippen molar-refractivity contribution in [3.05, 3.63) is 36.8 Å². The van der Waals surface area contributed by atoms with Gasteiger partial charge < -0.3 is 25.8 Å². The maximum atomic E-state index is 12.9. The zero-order chi connectivity index (χ0) is 21.2. The Hall–Kier alpha value is -2.35. The molecule has 0 aromatic carbocycles. The van der Waals surface area contributed by atoms with Gasteiger partial charge in [0.15, 0.2) is 0 Å². The molecule has 0 spiro atoms. The molecule has 7 nitrogen and oxygen atoms in total. The molecule has 1 amide bonds. The first-order chi connectivity index (χ1) is 12.4. The number of aliphatic hydroxyl groups is 1. The highest BCUT2D eigenvalue weighted by Gasteiger charge is 2.27. The van der Waals surface area contributed by atoms with Crippen LogP contribution in [0.3, 0.4) is 0 Å². The Morgan fingerprint density at radius 1 is 1.26 bits per heavy atom. The predicted molar refractivity (Wildman–Crippen MR) is 103 cm³/mol. The van der Waals surface area contributed by atoms with E-state index in [0.29, 0.717) is 5.70 Å². The Morgan fingerprint density at radius 2 is 1.85 bits per heavy atom. The summed E-state index contributed by atoms with van der Waals surface area (Å²) >= 11 is 0. The third-order valence-corrected chi connectivity index (χ3v) is 3.37. The largest absolute Gasteiger partial charge is 0.460 e. The van der Waals surface area contributed by atoms with Crippen LogP contribution in [0.1, 0.15) is 41.0 Å². The van der Waals surface area contributed by atoms with Crippen LogP contribution >= 0.6 is 0 Å². The lowest BCUT2D eigenvalue weighted by molar-refractivity contribution is -0.156. The van der Waals surface area contributed by atoms with Gasteiger partial charge in [-0.05, 0) is 40.8 Å². The standard InChI is InChI=1S/C19H32FN3O4/c1-8-9-21-14(4)18(26)23-13(3)12(2)22-15(16(24)11-20)10-17(25)27-19(5,6)7/h8-9,13,15-16,21-22,24H,2,4,10-11H2,1,3,5-7H3,(H,23,26)/b9-8-/t13-,15?,16?/m0/s1. The Kier molecular flexibility index (Phi) is 10.4. The van der Waals surface area contributed by atoms with Crippen molar-refractivity contribution in [2.45, 2.75) is 64.8 Å². The lowest BCUT2D eigenvalue weighted by Crippen LogP contribution is -2.47. The van der Waals surface area contributed by atoms with Gasteiger partial charge in [0.25, 0.3) is 5.91 Å². The first-order valence-corrected chi connectivity index (χ1v) is 8.70. The van der Waals surface area contributed by atoms with Gasteiger partial charge in [-0.1, -0.05) is 19.2 Å². The number of carbonyl (C=O) groups is 2. The summed E-state index contributed by atoms with van der Waals surface area (Å²) in [4.78, 5) is 24.0. The van der Waals surface area contributed by atoms with Crippen LogP contribution in [0.2, 0.25) is 0 Å². The Morgan fingerprint density at radius 3 is 2.33 bits per heavy atom. The van der Waals surface area contributed by atoms with Crippen molar-refractivity contribution < 1.29 is 23.8 Å². The average molecular weight is 385 g/mol. The van der Waals surface area contributed by atoms with E-state index in [9.17, 15) is 19.1 Å². The summed E-state index contributed by atoms with van der Waals surface area (Å²) < 4.78 is 18.1. The second-order valence-corrected chi connectivity index (χ2v) is 7.11. The Balaban J connectivity index is 4.86. The lowest BCUT2D eigenvalue weighted by Gasteiger charge is -2.28. The van der Waals surface area contributed by atoms with Crippen LogP contribution in [-0.4, -0.2) is 47.4 Å². The van der Waals surface area contributed by atoms with E-state index in [1.54, 1.807) is 46.9 Å². The summed E-state index contributed by atoms with van der Waals surface area (Å²) in [5.74, 6) is -1.03. The fourth-order valence-electron chi connectivity index (χ4n) is 1.94. The summed E-state index contributed by atoms with van der Waals surface area (Å²) in [5.41, 5.74) is -0.244. The number of allylic oxidation sites excluding steroid dienone is 1. The number of alkyl halides is 1. The summed E-state index contributed by atoms with van der Waals surface area (Å²) in [5, 5.41) is 18.0. The Bertz CT molecular complexity index is 570. The van der Waals surface area contributed by atoms with Gasteiger partial charge in [0.1, 0.15) is 18.4 Å². The molecule has 0 saturated heterocycles. The van der Waals surface area contributed by atoms with Crippen molar-refractivity contribution >= 4 is 11.9 Å². The van der Waals surface area contributed by atoms with E-state index in [-0.39, 0.29) is 12.1 Å². The molecule has 0 aliphatic heterocycles. The monoisotopic (exact) mass is 385 g/mol. The van der Waals surface area contributed by atoms with Gasteiger partial charge in [-0.3, -0.25) is 9.59 Å². The van der Waals surface area contributed by atoms with Crippen LogP contribution in [0.5, 0.6) is 0 Å². The summed E-state index contributed by atoms with van der Waals surface area (Å²) in [6, 6.07) is -1.50. The van der Waals surface area contributed by atoms with Crippen molar-refractivity contribution in [2.24, 2.45) is 0 Å². The number of rotatable bonds is 11. The van der Waals surface area contributed by atoms with Gasteiger partial charge in [0, 0.05) is 5.70 Å². The van der Waals surface area contributed by atoms with E-state index in [4.69, 9.17) is 4.74 Å². The molecule has 0 bridgehead atoms. The number of hydrogen-bond acceptors (Lipinski definition) is 6. The predicted octanol–water partition coefficient (Wildman–Crippen LogP) is 1.66. The molecule has 0 radical (unpaired) electrons.